The molecule has 7 nitrogen and oxygen atoms in total. The van der Waals surface area contributed by atoms with Crippen molar-refractivity contribution in [1.29, 1.82) is 0 Å². The van der Waals surface area contributed by atoms with Crippen molar-refractivity contribution in [2.45, 2.75) is 12.5 Å². The van der Waals surface area contributed by atoms with Gasteiger partial charge < -0.3 is 14.6 Å². The van der Waals surface area contributed by atoms with Crippen LogP contribution in [0.1, 0.15) is 27.7 Å². The van der Waals surface area contributed by atoms with Crippen LogP contribution in [-0.2, 0) is 18.4 Å². The number of hydrogen-bond donors (Lipinski definition) is 1. The average molecular weight is 418 g/mol. The molecule has 4 aromatic rings. The van der Waals surface area contributed by atoms with E-state index in [1.807, 2.05) is 18.2 Å². The van der Waals surface area contributed by atoms with Gasteiger partial charge >= 0.3 is 0 Å². The number of amides is 2. The summed E-state index contributed by atoms with van der Waals surface area (Å²) in [6.45, 7) is 0.419. The number of furan rings is 1. The monoisotopic (exact) mass is 418 g/mol. The number of fused-ring (bicyclic) bond motifs is 2. The van der Waals surface area contributed by atoms with Crippen LogP contribution in [0.5, 0.6) is 0 Å². The van der Waals surface area contributed by atoms with Crippen LogP contribution in [-0.4, -0.2) is 33.0 Å². The molecule has 156 valence electrons. The summed E-state index contributed by atoms with van der Waals surface area (Å²) in [6.07, 6.45) is 1.79. The van der Waals surface area contributed by atoms with E-state index in [0.29, 0.717) is 17.8 Å². The zero-order valence-corrected chi connectivity index (χ0v) is 16.7. The maximum absolute atomic E-state index is 14.0. The lowest BCUT2D eigenvalue weighted by atomic mass is 9.95. The van der Waals surface area contributed by atoms with Gasteiger partial charge in [0.15, 0.2) is 5.76 Å². The lowest BCUT2D eigenvalue weighted by Crippen LogP contribution is -2.42. The number of rotatable bonds is 3. The van der Waals surface area contributed by atoms with E-state index in [-0.39, 0.29) is 23.9 Å². The fraction of sp³-hybridized carbons (Fsp3) is 0.174. The number of nitrogens with zero attached hydrogens (tertiary/aromatic N) is 3. The molecule has 0 saturated heterocycles. The molecule has 0 bridgehead atoms. The zero-order chi connectivity index (χ0) is 21.5. The van der Waals surface area contributed by atoms with Gasteiger partial charge in [0.05, 0.1) is 11.4 Å². The zero-order valence-electron chi connectivity index (χ0n) is 16.7. The van der Waals surface area contributed by atoms with E-state index in [1.54, 1.807) is 47.1 Å². The molecule has 2 aromatic heterocycles. The second-order valence-corrected chi connectivity index (χ2v) is 7.57. The van der Waals surface area contributed by atoms with Crippen LogP contribution in [0.3, 0.4) is 0 Å². The number of carbonyl (C=O) groups is 2. The van der Waals surface area contributed by atoms with Gasteiger partial charge in [0.25, 0.3) is 5.91 Å². The van der Waals surface area contributed by atoms with Gasteiger partial charge in [0.1, 0.15) is 17.3 Å². The van der Waals surface area contributed by atoms with Gasteiger partial charge in [-0.2, -0.15) is 5.10 Å². The predicted octanol–water partition coefficient (Wildman–Crippen LogP) is 3.68. The number of para-hydroxylation sites is 2. The third kappa shape index (κ3) is 3.46. The lowest BCUT2D eigenvalue weighted by Gasteiger charge is -2.30. The van der Waals surface area contributed by atoms with Crippen molar-refractivity contribution in [1.82, 2.24) is 14.7 Å². The number of hydrogen-bond acceptors (Lipinski definition) is 4. The third-order valence-electron chi connectivity index (χ3n) is 5.40. The molecule has 0 aliphatic carbocycles. The molecule has 1 aliphatic rings. The summed E-state index contributed by atoms with van der Waals surface area (Å²) in [4.78, 5) is 27.8. The Hall–Kier alpha value is -3.94. The Morgan fingerprint density at radius 3 is 2.74 bits per heavy atom. The Bertz CT molecular complexity index is 1280. The van der Waals surface area contributed by atoms with Gasteiger partial charge in [-0.05, 0) is 24.3 Å². The quantitative estimate of drug-likeness (QED) is 0.550. The number of anilines is 1. The summed E-state index contributed by atoms with van der Waals surface area (Å²) in [5.74, 6) is -1.79. The summed E-state index contributed by atoms with van der Waals surface area (Å²) < 4.78 is 21.4. The van der Waals surface area contributed by atoms with Crippen molar-refractivity contribution >= 4 is 28.5 Å². The van der Waals surface area contributed by atoms with Gasteiger partial charge in [-0.15, -0.1) is 0 Å². The highest BCUT2D eigenvalue weighted by molar-refractivity contribution is 5.99. The first kappa shape index (κ1) is 19.0. The smallest absolute Gasteiger partial charge is 0.289 e. The molecule has 5 rings (SSSR count). The molecular formula is C23H19FN4O3. The van der Waals surface area contributed by atoms with Crippen molar-refractivity contribution in [3.05, 3.63) is 83.6 Å². The fourth-order valence-electron chi connectivity index (χ4n) is 3.93. The molecule has 2 amide bonds. The number of benzene rings is 2. The largest absolute Gasteiger partial charge is 0.451 e. The molecule has 0 saturated carbocycles. The van der Waals surface area contributed by atoms with Crippen molar-refractivity contribution in [3.63, 3.8) is 0 Å². The van der Waals surface area contributed by atoms with Crippen LogP contribution >= 0.6 is 0 Å². The number of aryl methyl sites for hydroxylation is 1. The number of carbonyl (C=O) groups excluding carboxylic acids is 2. The van der Waals surface area contributed by atoms with Gasteiger partial charge in [-0.1, -0.05) is 30.3 Å². The first-order valence-corrected chi connectivity index (χ1v) is 9.85. The summed E-state index contributed by atoms with van der Waals surface area (Å²) in [5, 5.41) is 7.88. The van der Waals surface area contributed by atoms with Crippen LogP contribution in [0.2, 0.25) is 0 Å². The Morgan fingerprint density at radius 2 is 1.94 bits per heavy atom. The molecule has 1 N–H and O–H groups in total. The highest BCUT2D eigenvalue weighted by Gasteiger charge is 2.36. The Kier molecular flexibility index (Phi) is 4.54. The number of nitrogens with one attached hydrogen (secondary N) is 1. The standard InChI is InChI=1S/C23H19FN4O3/c1-27-11-15-12-28(23(30)20-10-14-6-2-5-9-19(14)31-20)13-16(21(15)26-27)22(29)25-18-8-4-3-7-17(18)24/h2-11,16H,12-13H2,1H3,(H,25,29). The van der Waals surface area contributed by atoms with Crippen molar-refractivity contribution in [3.8, 4) is 0 Å². The molecule has 1 unspecified atom stereocenters. The van der Waals surface area contributed by atoms with E-state index in [9.17, 15) is 14.0 Å². The van der Waals surface area contributed by atoms with Gasteiger partial charge in [-0.3, -0.25) is 14.3 Å². The molecule has 31 heavy (non-hydrogen) atoms. The van der Waals surface area contributed by atoms with E-state index >= 15 is 0 Å². The molecule has 8 heteroatoms. The van der Waals surface area contributed by atoms with Crippen LogP contribution in [0.25, 0.3) is 11.0 Å². The van der Waals surface area contributed by atoms with Crippen LogP contribution in [0.15, 0.2) is 65.2 Å². The van der Waals surface area contributed by atoms with Crippen LogP contribution in [0.4, 0.5) is 10.1 Å². The third-order valence-corrected chi connectivity index (χ3v) is 5.40. The van der Waals surface area contributed by atoms with Crippen LogP contribution < -0.4 is 5.32 Å². The maximum atomic E-state index is 14.0. The van der Waals surface area contributed by atoms with Crippen LogP contribution in [0, 0.1) is 5.82 Å². The molecule has 2 aromatic carbocycles. The summed E-state index contributed by atoms with van der Waals surface area (Å²) >= 11 is 0. The molecule has 0 spiro atoms. The second kappa shape index (κ2) is 7.39. The summed E-state index contributed by atoms with van der Waals surface area (Å²) in [5.41, 5.74) is 2.07. The fourth-order valence-corrected chi connectivity index (χ4v) is 3.93. The first-order valence-electron chi connectivity index (χ1n) is 9.85. The van der Waals surface area contributed by atoms with Gasteiger partial charge in [0.2, 0.25) is 5.91 Å². The Morgan fingerprint density at radius 1 is 1.16 bits per heavy atom. The number of aromatic nitrogens is 2. The molecule has 0 radical (unpaired) electrons. The minimum Gasteiger partial charge on any atom is -0.451 e. The van der Waals surface area contributed by atoms with E-state index < -0.39 is 17.6 Å². The normalized spacial score (nSPS) is 15.7. The summed E-state index contributed by atoms with van der Waals surface area (Å²) in [6, 6.07) is 15.0. The van der Waals surface area contributed by atoms with Crippen molar-refractivity contribution in [2.24, 2.45) is 7.05 Å². The first-order chi connectivity index (χ1) is 15.0. The Balaban J connectivity index is 1.45. The minimum absolute atomic E-state index is 0.0886. The highest BCUT2D eigenvalue weighted by atomic mass is 19.1. The molecular weight excluding hydrogens is 399 g/mol. The lowest BCUT2D eigenvalue weighted by molar-refractivity contribution is -0.118. The molecule has 1 aliphatic heterocycles. The average Bonchev–Trinajstić information content (AvgIpc) is 3.36. The second-order valence-electron chi connectivity index (χ2n) is 7.57. The minimum atomic E-state index is -0.738. The van der Waals surface area contributed by atoms with E-state index in [0.717, 1.165) is 10.9 Å². The molecule has 1 atom stereocenters. The molecule has 0 fully saturated rings. The van der Waals surface area contributed by atoms with Crippen molar-refractivity contribution in [2.75, 3.05) is 11.9 Å². The van der Waals surface area contributed by atoms with E-state index in [4.69, 9.17) is 4.42 Å². The topological polar surface area (TPSA) is 80.4 Å². The number of halogens is 1. The van der Waals surface area contributed by atoms with Gasteiger partial charge in [-0.25, -0.2) is 4.39 Å². The maximum Gasteiger partial charge on any atom is 0.289 e. The summed E-state index contributed by atoms with van der Waals surface area (Å²) in [7, 11) is 1.76. The van der Waals surface area contributed by atoms with Gasteiger partial charge in [0, 0.05) is 37.3 Å². The highest BCUT2D eigenvalue weighted by Crippen LogP contribution is 2.30. The van der Waals surface area contributed by atoms with E-state index in [2.05, 4.69) is 10.4 Å². The predicted molar refractivity (Wildman–Crippen MR) is 112 cm³/mol. The van der Waals surface area contributed by atoms with E-state index in [1.165, 1.54) is 12.1 Å². The Labute approximate surface area is 177 Å². The van der Waals surface area contributed by atoms with Crippen molar-refractivity contribution < 1.29 is 18.4 Å². The SMILES string of the molecule is Cn1cc2c(n1)C(C(=O)Nc1ccccc1F)CN(C(=O)c1cc3ccccc3o1)C2. The molecule has 3 heterocycles.